The second-order valence-corrected chi connectivity index (χ2v) is 24.3. The van der Waals surface area contributed by atoms with E-state index in [1.54, 1.807) is 0 Å². The first kappa shape index (κ1) is 45.6. The Hall–Kier alpha value is -5.80. The van der Waals surface area contributed by atoms with Crippen LogP contribution in [0.4, 0.5) is 22.7 Å². The maximum atomic E-state index is 4.15. The van der Waals surface area contributed by atoms with Gasteiger partial charge in [-0.2, -0.15) is 0 Å². The highest BCUT2D eigenvalue weighted by molar-refractivity contribution is 6.73. The summed E-state index contributed by atoms with van der Waals surface area (Å²) in [4.78, 5) is 2.66. The lowest BCUT2D eigenvalue weighted by Crippen LogP contribution is -2.46. The van der Waals surface area contributed by atoms with Crippen LogP contribution in [0.1, 0.15) is 137 Å². The van der Waals surface area contributed by atoms with Crippen LogP contribution in [0.3, 0.4) is 0 Å². The van der Waals surface area contributed by atoms with Crippen molar-refractivity contribution < 1.29 is 0 Å². The van der Waals surface area contributed by atoms with E-state index in [1.165, 1.54) is 140 Å². The number of hydrogen-bond donors (Lipinski definition) is 1. The maximum Gasteiger partial charge on any atom is 0.197 e. The topological polar surface area (TPSA) is 15.3 Å². The standard InChI is InChI=1S/C66H72BN2/c1-42-19-17-18-24-50(42)47-25-28-51(58(37-47)68-49-27-29-53-55(40-49)65(7,8)32-31-63(53,3)4)52-36-48(45-22-15-12-16-23-45)39-61-62(52)67-57-30-26-46(44-20-13-11-14-21-44)38-60(57)69(61)59-41-56-54(35-43(59)2)64(5,6)33-34-66(56,9)10/h11-16,20-23,25-30,35-41,54,56,68H,17-19,24,31-34H2,1-10H3. The summed E-state index contributed by atoms with van der Waals surface area (Å²) < 4.78 is 0. The van der Waals surface area contributed by atoms with Gasteiger partial charge in [-0.25, -0.2) is 0 Å². The molecule has 0 saturated heterocycles. The van der Waals surface area contributed by atoms with Gasteiger partial charge in [-0.05, 0) is 196 Å². The number of fused-ring (bicyclic) bond motifs is 4. The van der Waals surface area contributed by atoms with E-state index in [1.807, 2.05) is 0 Å². The number of anilines is 4. The summed E-state index contributed by atoms with van der Waals surface area (Å²) >= 11 is 0. The quantitative estimate of drug-likeness (QED) is 0.161. The lowest BCUT2D eigenvalue weighted by atomic mass is 9.53. The highest BCUT2D eigenvalue weighted by atomic mass is 15.2. The van der Waals surface area contributed by atoms with Crippen LogP contribution in [0.15, 0.2) is 156 Å². The third kappa shape index (κ3) is 8.16. The second-order valence-electron chi connectivity index (χ2n) is 24.3. The summed E-state index contributed by atoms with van der Waals surface area (Å²) in [5.74, 6) is 0.900. The van der Waals surface area contributed by atoms with Crippen molar-refractivity contribution in [3.8, 4) is 33.4 Å². The summed E-state index contributed by atoms with van der Waals surface area (Å²) in [5, 5.41) is 4.15. The van der Waals surface area contributed by atoms with Crippen LogP contribution < -0.4 is 21.1 Å². The van der Waals surface area contributed by atoms with E-state index in [9.17, 15) is 0 Å². The van der Waals surface area contributed by atoms with Gasteiger partial charge in [0.2, 0.25) is 0 Å². The molecule has 0 amide bonds. The molecule has 1 heterocycles. The van der Waals surface area contributed by atoms with Crippen molar-refractivity contribution in [2.75, 3.05) is 10.2 Å². The molecule has 69 heavy (non-hydrogen) atoms. The van der Waals surface area contributed by atoms with Crippen molar-refractivity contribution in [1.29, 1.82) is 0 Å². The largest absolute Gasteiger partial charge is 0.355 e. The number of nitrogens with zero attached hydrogens (tertiary/aromatic N) is 1. The van der Waals surface area contributed by atoms with Crippen molar-refractivity contribution in [2.24, 2.45) is 22.7 Å². The molecule has 3 heteroatoms. The summed E-state index contributed by atoms with van der Waals surface area (Å²) in [7, 11) is 2.49. The SMILES string of the molecule is CC1=CC2C(C=C1N1c3cc(-c4ccccc4)ccc3[B]c3c(-c4ccc(C5=C(C)CCCC5)cc4Nc4ccc5c(c4)C(C)(C)CCC5(C)C)cc(-c4ccccc4)cc31)C(C)(C)CCC2(C)C. The maximum absolute atomic E-state index is 4.15. The van der Waals surface area contributed by atoms with Crippen LogP contribution in [-0.4, -0.2) is 7.28 Å². The lowest BCUT2D eigenvalue weighted by Gasteiger charge is -2.53. The molecule has 0 aromatic heterocycles. The van der Waals surface area contributed by atoms with E-state index in [-0.39, 0.29) is 21.7 Å². The highest BCUT2D eigenvalue weighted by Crippen LogP contribution is 2.57. The van der Waals surface area contributed by atoms with Crippen LogP contribution in [0.25, 0.3) is 39.0 Å². The Morgan fingerprint density at radius 3 is 1.84 bits per heavy atom. The molecule has 11 rings (SSSR count). The van der Waals surface area contributed by atoms with Crippen LogP contribution in [-0.2, 0) is 10.8 Å². The van der Waals surface area contributed by atoms with Crippen LogP contribution in [0.2, 0.25) is 0 Å². The Morgan fingerprint density at radius 2 is 1.14 bits per heavy atom. The molecule has 4 aliphatic carbocycles. The molecule has 1 aliphatic heterocycles. The van der Waals surface area contributed by atoms with Gasteiger partial charge in [-0.15, -0.1) is 0 Å². The molecule has 1 fully saturated rings. The third-order valence-corrected chi connectivity index (χ3v) is 17.7. The number of rotatable bonds is 7. The molecule has 0 spiro atoms. The zero-order chi connectivity index (χ0) is 48.0. The van der Waals surface area contributed by atoms with Crippen molar-refractivity contribution in [3.63, 3.8) is 0 Å². The van der Waals surface area contributed by atoms with Gasteiger partial charge in [-0.1, -0.05) is 170 Å². The van der Waals surface area contributed by atoms with Gasteiger partial charge in [-0.3, -0.25) is 0 Å². The summed E-state index contributed by atoms with van der Waals surface area (Å²) in [5.41, 5.74) is 25.3. The smallest absolute Gasteiger partial charge is 0.197 e. The fourth-order valence-electron chi connectivity index (χ4n) is 13.1. The van der Waals surface area contributed by atoms with Crippen molar-refractivity contribution in [2.45, 2.75) is 131 Å². The minimum Gasteiger partial charge on any atom is -0.355 e. The Kier molecular flexibility index (Phi) is 11.2. The Labute approximate surface area is 415 Å². The van der Waals surface area contributed by atoms with Gasteiger partial charge >= 0.3 is 0 Å². The molecule has 1 N–H and O–H groups in total. The molecule has 2 unspecified atom stereocenters. The summed E-state index contributed by atoms with van der Waals surface area (Å²) in [6, 6.07) is 48.7. The molecule has 5 aliphatic rings. The van der Waals surface area contributed by atoms with E-state index >= 15 is 0 Å². The fraction of sp³-hybridized carbons (Fsp3) is 0.364. The van der Waals surface area contributed by atoms with Gasteiger partial charge in [0.05, 0.1) is 0 Å². The first-order valence-electron chi connectivity index (χ1n) is 26.2. The van der Waals surface area contributed by atoms with Crippen LogP contribution in [0.5, 0.6) is 0 Å². The van der Waals surface area contributed by atoms with Gasteiger partial charge in [0.25, 0.3) is 0 Å². The van der Waals surface area contributed by atoms with Crippen LogP contribution in [0, 0.1) is 22.7 Å². The number of hydrogen-bond acceptors (Lipinski definition) is 2. The third-order valence-electron chi connectivity index (χ3n) is 17.7. The molecular formula is C66H72BN2. The predicted octanol–water partition coefficient (Wildman–Crippen LogP) is 17.2. The van der Waals surface area contributed by atoms with Gasteiger partial charge in [0.1, 0.15) is 0 Å². The highest BCUT2D eigenvalue weighted by Gasteiger charge is 2.48. The van der Waals surface area contributed by atoms with Crippen molar-refractivity contribution in [1.82, 2.24) is 0 Å². The fourth-order valence-corrected chi connectivity index (χ4v) is 13.1. The van der Waals surface area contributed by atoms with Crippen LogP contribution >= 0.6 is 0 Å². The Balaban J connectivity index is 1.16. The Bertz CT molecular complexity index is 3080. The molecule has 0 bridgehead atoms. The normalized spacial score (nSPS) is 21.7. The molecule has 349 valence electrons. The predicted molar refractivity (Wildman–Crippen MR) is 298 cm³/mol. The second kappa shape index (κ2) is 17.0. The van der Waals surface area contributed by atoms with Gasteiger partial charge in [0.15, 0.2) is 7.28 Å². The number of allylic oxidation sites excluding steroid dienone is 5. The van der Waals surface area contributed by atoms with Gasteiger partial charge in [0, 0.05) is 34.0 Å². The lowest BCUT2D eigenvalue weighted by molar-refractivity contribution is 0.0321. The first-order valence-corrected chi connectivity index (χ1v) is 26.2. The monoisotopic (exact) mass is 904 g/mol. The Morgan fingerprint density at radius 1 is 0.522 bits per heavy atom. The van der Waals surface area contributed by atoms with E-state index in [2.05, 4.69) is 226 Å². The molecule has 2 nitrogen and oxygen atoms in total. The molecule has 1 radical (unpaired) electrons. The van der Waals surface area contributed by atoms with E-state index in [0.29, 0.717) is 11.8 Å². The van der Waals surface area contributed by atoms with E-state index in [4.69, 9.17) is 0 Å². The number of nitrogens with one attached hydrogen (secondary N) is 1. The molecule has 1 saturated carbocycles. The first-order chi connectivity index (χ1) is 33.0. The minimum atomic E-state index is 0.107. The van der Waals surface area contributed by atoms with E-state index < -0.39 is 0 Å². The average Bonchev–Trinajstić information content (AvgIpc) is 3.34. The molecule has 2 atom stereocenters. The summed E-state index contributed by atoms with van der Waals surface area (Å²) in [6.07, 6.45) is 15.1. The minimum absolute atomic E-state index is 0.107. The molecular weight excluding hydrogens is 832 g/mol. The number of benzene rings is 6. The van der Waals surface area contributed by atoms with Gasteiger partial charge < -0.3 is 10.2 Å². The zero-order valence-corrected chi connectivity index (χ0v) is 43.1. The van der Waals surface area contributed by atoms with Crippen molar-refractivity contribution in [3.05, 3.63) is 173 Å². The van der Waals surface area contributed by atoms with Crippen molar-refractivity contribution >= 4 is 46.5 Å². The van der Waals surface area contributed by atoms with E-state index in [0.717, 1.165) is 17.8 Å². The molecule has 6 aromatic rings. The average molecular weight is 904 g/mol. The molecule has 6 aromatic carbocycles. The zero-order valence-electron chi connectivity index (χ0n) is 43.1. The summed E-state index contributed by atoms with van der Waals surface area (Å²) in [6.45, 7) is 24.5.